The molecule has 1 fully saturated rings. The van der Waals surface area contributed by atoms with Gasteiger partial charge in [0, 0.05) is 6.42 Å². The Kier molecular flexibility index (Phi) is 52.8. The van der Waals surface area contributed by atoms with E-state index in [9.17, 15) is 35.1 Å². The molecular weight excluding hydrogens is 1010 g/mol. The molecule has 81 heavy (non-hydrogen) atoms. The first-order valence-corrected chi connectivity index (χ1v) is 32.7. The van der Waals surface area contributed by atoms with Crippen LogP contribution in [0.2, 0.25) is 0 Å². The molecule has 11 nitrogen and oxygen atoms in total. The second-order valence-electron chi connectivity index (χ2n) is 22.1. The molecule has 0 saturated carbocycles. The van der Waals surface area contributed by atoms with Crippen LogP contribution in [0.1, 0.15) is 258 Å². The van der Waals surface area contributed by atoms with E-state index in [0.29, 0.717) is 19.3 Å². The Balaban J connectivity index is 2.71. The smallest absolute Gasteiger partial charge is 0.306 e. The largest absolute Gasteiger partial charge is 0.454 e. The van der Waals surface area contributed by atoms with Crippen LogP contribution in [0.15, 0.2) is 109 Å². The van der Waals surface area contributed by atoms with Crippen molar-refractivity contribution in [2.45, 2.75) is 307 Å². The highest BCUT2D eigenvalue weighted by molar-refractivity contribution is 5.80. The quantitative estimate of drug-likeness (QED) is 0.0195. The predicted octanol–water partition coefficient (Wildman–Crippen LogP) is 16.1. The fourth-order valence-electron chi connectivity index (χ4n) is 9.51. The van der Waals surface area contributed by atoms with Gasteiger partial charge < -0.3 is 45.1 Å². The molecular formula is C70H119NO10. The number of esters is 1. The maximum Gasteiger partial charge on any atom is 0.306 e. The summed E-state index contributed by atoms with van der Waals surface area (Å²) >= 11 is 0. The van der Waals surface area contributed by atoms with Gasteiger partial charge in [-0.1, -0.05) is 252 Å². The second-order valence-corrected chi connectivity index (χ2v) is 22.1. The van der Waals surface area contributed by atoms with E-state index in [-0.39, 0.29) is 19.4 Å². The van der Waals surface area contributed by atoms with Crippen molar-refractivity contribution >= 4 is 11.9 Å². The Morgan fingerprint density at radius 1 is 0.494 bits per heavy atom. The van der Waals surface area contributed by atoms with Crippen molar-refractivity contribution < 1.29 is 49.3 Å². The summed E-state index contributed by atoms with van der Waals surface area (Å²) in [4.78, 5) is 26.6. The summed E-state index contributed by atoms with van der Waals surface area (Å²) in [5, 5.41) is 57.1. The minimum atomic E-state index is -1.63. The zero-order valence-electron chi connectivity index (χ0n) is 51.4. The lowest BCUT2D eigenvalue weighted by Crippen LogP contribution is -2.61. The van der Waals surface area contributed by atoms with Crippen LogP contribution in [0.25, 0.3) is 0 Å². The maximum absolute atomic E-state index is 13.4. The van der Waals surface area contributed by atoms with Gasteiger partial charge in [0.15, 0.2) is 12.4 Å². The number of aliphatic hydroxyl groups excluding tert-OH is 5. The molecule has 0 aliphatic carbocycles. The van der Waals surface area contributed by atoms with Crippen molar-refractivity contribution in [1.29, 1.82) is 0 Å². The molecule has 11 heteroatoms. The monoisotopic (exact) mass is 1130 g/mol. The van der Waals surface area contributed by atoms with E-state index < -0.39 is 67.4 Å². The van der Waals surface area contributed by atoms with Gasteiger partial charge in [-0.3, -0.25) is 9.59 Å². The SMILES string of the molecule is CC/C=C\C/C=C\C/C=C\C/C=C\C/C=C\C/C=C\CCCC(O)C(=O)NC(COC1OC(CO)C(O)C(O)C1OC(=O)CCCCCCCCCCC/C=C\C/C=C\CCCCC)C(O)/C=C/CCCCCCCCCCCCC. The van der Waals surface area contributed by atoms with E-state index in [2.05, 4.69) is 117 Å². The summed E-state index contributed by atoms with van der Waals surface area (Å²) in [5.41, 5.74) is 0. The number of hydrogen-bond acceptors (Lipinski definition) is 10. The second kappa shape index (κ2) is 56.8. The number of carbonyl (C=O) groups is 2. The van der Waals surface area contributed by atoms with E-state index in [1.807, 2.05) is 12.2 Å². The molecule has 6 N–H and O–H groups in total. The topological polar surface area (TPSA) is 175 Å². The third-order valence-corrected chi connectivity index (χ3v) is 14.7. The first-order chi connectivity index (χ1) is 39.7. The van der Waals surface area contributed by atoms with Gasteiger partial charge in [-0.05, 0) is 109 Å². The number of amides is 1. The highest BCUT2D eigenvalue weighted by Gasteiger charge is 2.47. The van der Waals surface area contributed by atoms with Crippen molar-refractivity contribution in [2.75, 3.05) is 13.2 Å². The number of rotatable bonds is 54. The lowest BCUT2D eigenvalue weighted by atomic mass is 9.99. The Labute approximate surface area is 494 Å². The molecule has 1 rings (SSSR count). The van der Waals surface area contributed by atoms with E-state index in [0.717, 1.165) is 103 Å². The molecule has 1 saturated heterocycles. The molecule has 0 bridgehead atoms. The number of ether oxygens (including phenoxy) is 3. The van der Waals surface area contributed by atoms with E-state index in [1.54, 1.807) is 6.08 Å². The molecule has 1 amide bonds. The van der Waals surface area contributed by atoms with Gasteiger partial charge in [-0.2, -0.15) is 0 Å². The number of unbranched alkanes of at least 4 members (excludes halogenated alkanes) is 24. The molecule has 0 spiro atoms. The minimum Gasteiger partial charge on any atom is -0.454 e. The van der Waals surface area contributed by atoms with Crippen molar-refractivity contribution in [1.82, 2.24) is 5.32 Å². The standard InChI is InChI=1S/C70H119NO10/c1-4-7-10-13-16-19-22-25-27-29-31-33-34-36-39-42-45-48-51-54-57-63(74)69(78)71-61(62(73)56-53-50-47-44-41-38-24-21-18-15-12-9-6-3)60-79-70-68(67(77)66(76)64(59-72)80-70)81-65(75)58-55-52-49-46-43-40-37-35-32-30-28-26-23-20-17-14-11-8-5-2/h7,10,16-17,19-20,25-28,31,33,36,39,45,48,53,56,61-64,66-68,70,72-74,76-77H,4-6,8-9,11-15,18,21-24,29-30,32,34-35,37-38,40-44,46-47,49-52,54-55,57-60H2,1-3H3,(H,71,78)/b10-7-,19-16-,20-17-,27-25-,28-26-,33-31-,39-36-,48-45-,56-53+. The summed E-state index contributed by atoms with van der Waals surface area (Å²) in [6, 6.07) is -1.06. The summed E-state index contributed by atoms with van der Waals surface area (Å²) < 4.78 is 17.6. The summed E-state index contributed by atoms with van der Waals surface area (Å²) in [6.07, 6.45) is 66.9. The van der Waals surface area contributed by atoms with Crippen molar-refractivity contribution in [2.24, 2.45) is 0 Å². The Morgan fingerprint density at radius 3 is 1.36 bits per heavy atom. The molecule has 0 aromatic carbocycles. The Hall–Kier alpha value is -3.68. The third-order valence-electron chi connectivity index (χ3n) is 14.7. The number of allylic oxidation sites excluding steroid dienone is 17. The first-order valence-electron chi connectivity index (χ1n) is 32.7. The van der Waals surface area contributed by atoms with E-state index >= 15 is 0 Å². The van der Waals surface area contributed by atoms with Crippen LogP contribution in [0.5, 0.6) is 0 Å². The number of aliphatic hydroxyl groups is 5. The van der Waals surface area contributed by atoms with Crippen LogP contribution in [-0.2, 0) is 23.8 Å². The molecule has 8 unspecified atom stereocenters. The minimum absolute atomic E-state index is 0.108. The van der Waals surface area contributed by atoms with Gasteiger partial charge in [0.2, 0.25) is 5.91 Å². The van der Waals surface area contributed by atoms with Gasteiger partial charge in [0.25, 0.3) is 0 Å². The number of nitrogens with one attached hydrogen (secondary N) is 1. The van der Waals surface area contributed by atoms with E-state index in [1.165, 1.54) is 103 Å². The summed E-state index contributed by atoms with van der Waals surface area (Å²) in [6.45, 7) is 5.63. The van der Waals surface area contributed by atoms with Crippen molar-refractivity contribution in [3.8, 4) is 0 Å². The summed E-state index contributed by atoms with van der Waals surface area (Å²) in [7, 11) is 0. The van der Waals surface area contributed by atoms with Crippen molar-refractivity contribution in [3.63, 3.8) is 0 Å². The van der Waals surface area contributed by atoms with Crippen LogP contribution < -0.4 is 5.32 Å². The normalized spacial score (nSPS) is 19.4. The maximum atomic E-state index is 13.4. The van der Waals surface area contributed by atoms with Crippen molar-refractivity contribution in [3.05, 3.63) is 109 Å². The fraction of sp³-hybridized carbons (Fsp3) is 0.714. The highest BCUT2D eigenvalue weighted by atomic mass is 16.7. The molecule has 0 aromatic rings. The van der Waals surface area contributed by atoms with Gasteiger partial charge in [-0.25, -0.2) is 0 Å². The van der Waals surface area contributed by atoms with Gasteiger partial charge >= 0.3 is 5.97 Å². The third kappa shape index (κ3) is 44.5. The zero-order chi connectivity index (χ0) is 58.9. The fourth-order valence-corrected chi connectivity index (χ4v) is 9.51. The predicted molar refractivity (Wildman–Crippen MR) is 338 cm³/mol. The first kappa shape index (κ1) is 75.3. The number of hydrogen-bond donors (Lipinski definition) is 6. The van der Waals surface area contributed by atoms with Crippen LogP contribution in [-0.4, -0.2) is 99.6 Å². The van der Waals surface area contributed by atoms with Crippen LogP contribution in [0.4, 0.5) is 0 Å². The zero-order valence-corrected chi connectivity index (χ0v) is 51.4. The van der Waals surface area contributed by atoms with Gasteiger partial charge in [-0.15, -0.1) is 0 Å². The number of carbonyl (C=O) groups excluding carboxylic acids is 2. The van der Waals surface area contributed by atoms with E-state index in [4.69, 9.17) is 14.2 Å². The molecule has 464 valence electrons. The Morgan fingerprint density at radius 2 is 0.889 bits per heavy atom. The molecule has 0 aromatic heterocycles. The van der Waals surface area contributed by atoms with Crippen LogP contribution in [0, 0.1) is 0 Å². The molecule has 1 aliphatic heterocycles. The summed E-state index contributed by atoms with van der Waals surface area (Å²) in [5.74, 6) is -1.25. The average Bonchev–Trinajstić information content (AvgIpc) is 3.46. The molecule has 1 heterocycles. The van der Waals surface area contributed by atoms with Gasteiger partial charge in [0.1, 0.15) is 24.4 Å². The molecule has 8 atom stereocenters. The average molecular weight is 1130 g/mol. The molecule has 0 radical (unpaired) electrons. The highest BCUT2D eigenvalue weighted by Crippen LogP contribution is 2.26. The van der Waals surface area contributed by atoms with Crippen LogP contribution >= 0.6 is 0 Å². The lowest BCUT2D eigenvalue weighted by molar-refractivity contribution is -0.305. The lowest BCUT2D eigenvalue weighted by Gasteiger charge is -2.41. The molecule has 1 aliphatic rings. The Bertz CT molecular complexity index is 1730. The van der Waals surface area contributed by atoms with Crippen LogP contribution in [0.3, 0.4) is 0 Å². The van der Waals surface area contributed by atoms with Gasteiger partial charge in [0.05, 0.1) is 25.4 Å².